The molecule has 26 heavy (non-hydrogen) atoms. The standard InChI is InChI=1S/C19H19Cl2N5/c1-3-12(2)23-19-25-17(13-6-8-22-9-7-13)11-18(26-19)24-16-5-4-14(20)10-15(16)21/h4-12H,3H2,1-2H3,(H2,23,24,25,26)/t12-/m0/s1. The smallest absolute Gasteiger partial charge is 0.225 e. The molecule has 2 heterocycles. The van der Waals surface area contributed by atoms with E-state index >= 15 is 0 Å². The van der Waals surface area contributed by atoms with E-state index in [1.807, 2.05) is 24.3 Å². The molecule has 0 bridgehead atoms. The van der Waals surface area contributed by atoms with Crippen LogP contribution in [0.25, 0.3) is 11.3 Å². The Morgan fingerprint density at radius 1 is 1.04 bits per heavy atom. The van der Waals surface area contributed by atoms with E-state index in [0.29, 0.717) is 21.8 Å². The molecule has 134 valence electrons. The first-order chi connectivity index (χ1) is 12.5. The van der Waals surface area contributed by atoms with Gasteiger partial charge in [-0.1, -0.05) is 30.1 Å². The molecule has 0 aliphatic carbocycles. The van der Waals surface area contributed by atoms with Crippen molar-refractivity contribution in [1.82, 2.24) is 15.0 Å². The van der Waals surface area contributed by atoms with Crippen LogP contribution in [0, 0.1) is 0 Å². The Balaban J connectivity index is 1.98. The van der Waals surface area contributed by atoms with Crippen LogP contribution in [0.1, 0.15) is 20.3 Å². The van der Waals surface area contributed by atoms with Gasteiger partial charge in [0, 0.05) is 35.1 Å². The lowest BCUT2D eigenvalue weighted by molar-refractivity contribution is 0.753. The molecular weight excluding hydrogens is 369 g/mol. The summed E-state index contributed by atoms with van der Waals surface area (Å²) in [6.45, 7) is 4.20. The number of anilines is 3. The molecule has 0 fully saturated rings. The first kappa shape index (κ1) is 18.4. The molecule has 0 unspecified atom stereocenters. The Kier molecular flexibility index (Phi) is 5.91. The monoisotopic (exact) mass is 387 g/mol. The van der Waals surface area contributed by atoms with Gasteiger partial charge < -0.3 is 10.6 Å². The van der Waals surface area contributed by atoms with Crippen molar-refractivity contribution in [3.05, 3.63) is 58.8 Å². The van der Waals surface area contributed by atoms with Crippen molar-refractivity contribution in [2.45, 2.75) is 26.3 Å². The molecule has 0 saturated heterocycles. The third kappa shape index (κ3) is 4.62. The van der Waals surface area contributed by atoms with Crippen molar-refractivity contribution in [2.75, 3.05) is 10.6 Å². The minimum absolute atomic E-state index is 0.259. The number of hydrogen-bond donors (Lipinski definition) is 2. The number of halogens is 2. The van der Waals surface area contributed by atoms with E-state index < -0.39 is 0 Å². The van der Waals surface area contributed by atoms with Crippen LogP contribution in [0.4, 0.5) is 17.5 Å². The number of pyridine rings is 1. The average molecular weight is 388 g/mol. The molecule has 0 amide bonds. The van der Waals surface area contributed by atoms with E-state index in [9.17, 15) is 0 Å². The van der Waals surface area contributed by atoms with Gasteiger partial charge >= 0.3 is 0 Å². The summed E-state index contributed by atoms with van der Waals surface area (Å²) in [5.74, 6) is 1.20. The number of nitrogens with zero attached hydrogens (tertiary/aromatic N) is 3. The van der Waals surface area contributed by atoms with Gasteiger partial charge in [0.1, 0.15) is 5.82 Å². The Bertz CT molecular complexity index is 886. The summed E-state index contributed by atoms with van der Waals surface area (Å²) >= 11 is 12.2. The van der Waals surface area contributed by atoms with Crippen LogP contribution in [0.5, 0.6) is 0 Å². The maximum absolute atomic E-state index is 6.27. The summed E-state index contributed by atoms with van der Waals surface area (Å²) in [4.78, 5) is 13.3. The summed E-state index contributed by atoms with van der Waals surface area (Å²) in [5, 5.41) is 7.67. The maximum atomic E-state index is 6.27. The van der Waals surface area contributed by atoms with Crippen LogP contribution in [-0.2, 0) is 0 Å². The molecule has 0 spiro atoms. The number of nitrogens with one attached hydrogen (secondary N) is 2. The Morgan fingerprint density at radius 2 is 1.81 bits per heavy atom. The highest BCUT2D eigenvalue weighted by molar-refractivity contribution is 6.36. The molecule has 5 nitrogen and oxygen atoms in total. The third-order valence-electron chi connectivity index (χ3n) is 3.88. The lowest BCUT2D eigenvalue weighted by atomic mass is 10.2. The third-order valence-corrected chi connectivity index (χ3v) is 4.43. The largest absolute Gasteiger partial charge is 0.352 e. The van der Waals surface area contributed by atoms with Crippen LogP contribution in [0.2, 0.25) is 10.0 Å². The van der Waals surface area contributed by atoms with Gasteiger partial charge in [-0.25, -0.2) is 4.98 Å². The average Bonchev–Trinajstić information content (AvgIpc) is 2.64. The Morgan fingerprint density at radius 3 is 2.50 bits per heavy atom. The van der Waals surface area contributed by atoms with Crippen molar-refractivity contribution < 1.29 is 0 Å². The molecule has 2 N–H and O–H groups in total. The molecule has 0 saturated carbocycles. The molecule has 1 atom stereocenters. The SMILES string of the molecule is CC[C@H](C)Nc1nc(Nc2ccc(Cl)cc2Cl)cc(-c2ccncc2)n1. The van der Waals surface area contributed by atoms with Crippen molar-refractivity contribution in [3.63, 3.8) is 0 Å². The van der Waals surface area contributed by atoms with Crippen LogP contribution < -0.4 is 10.6 Å². The number of hydrogen-bond acceptors (Lipinski definition) is 5. The highest BCUT2D eigenvalue weighted by atomic mass is 35.5. The molecule has 3 rings (SSSR count). The fourth-order valence-corrected chi connectivity index (χ4v) is 2.75. The van der Waals surface area contributed by atoms with Gasteiger partial charge in [0.2, 0.25) is 5.95 Å². The highest BCUT2D eigenvalue weighted by Crippen LogP contribution is 2.29. The second-order valence-electron chi connectivity index (χ2n) is 5.90. The van der Waals surface area contributed by atoms with Crippen LogP contribution in [-0.4, -0.2) is 21.0 Å². The number of rotatable bonds is 6. The van der Waals surface area contributed by atoms with Crippen LogP contribution in [0.15, 0.2) is 48.8 Å². The zero-order valence-corrected chi connectivity index (χ0v) is 16.0. The zero-order valence-electron chi connectivity index (χ0n) is 14.5. The van der Waals surface area contributed by atoms with E-state index in [2.05, 4.69) is 39.4 Å². The van der Waals surface area contributed by atoms with E-state index in [4.69, 9.17) is 23.2 Å². The second-order valence-corrected chi connectivity index (χ2v) is 6.74. The predicted octanol–water partition coefficient (Wildman–Crippen LogP) is 5.80. The van der Waals surface area contributed by atoms with Gasteiger partial charge in [-0.15, -0.1) is 0 Å². The van der Waals surface area contributed by atoms with Crippen molar-refractivity contribution in [1.29, 1.82) is 0 Å². The molecule has 1 aromatic carbocycles. The summed E-state index contributed by atoms with van der Waals surface area (Å²) in [6.07, 6.45) is 4.44. The molecule has 0 radical (unpaired) electrons. The van der Waals surface area contributed by atoms with Crippen LogP contribution >= 0.6 is 23.2 Å². The maximum Gasteiger partial charge on any atom is 0.225 e. The van der Waals surface area contributed by atoms with E-state index in [1.165, 1.54) is 0 Å². The molecule has 7 heteroatoms. The van der Waals surface area contributed by atoms with Gasteiger partial charge in [0.15, 0.2) is 0 Å². The second kappa shape index (κ2) is 8.34. The van der Waals surface area contributed by atoms with E-state index in [0.717, 1.165) is 23.4 Å². The Hall–Kier alpha value is -2.37. The highest BCUT2D eigenvalue weighted by Gasteiger charge is 2.10. The summed E-state index contributed by atoms with van der Waals surface area (Å²) in [7, 11) is 0. The van der Waals surface area contributed by atoms with Crippen molar-refractivity contribution in [2.24, 2.45) is 0 Å². The molecule has 3 aromatic rings. The molecule has 0 aliphatic heterocycles. The Labute approximate surface area is 162 Å². The topological polar surface area (TPSA) is 62.7 Å². The lowest BCUT2D eigenvalue weighted by Crippen LogP contribution is -2.16. The van der Waals surface area contributed by atoms with Crippen molar-refractivity contribution in [3.8, 4) is 11.3 Å². The normalized spacial score (nSPS) is 11.8. The summed E-state index contributed by atoms with van der Waals surface area (Å²) < 4.78 is 0. The van der Waals surface area contributed by atoms with Gasteiger partial charge in [-0.05, 0) is 43.7 Å². The van der Waals surface area contributed by atoms with Crippen LogP contribution in [0.3, 0.4) is 0 Å². The summed E-state index contributed by atoms with van der Waals surface area (Å²) in [6, 6.07) is 11.2. The van der Waals surface area contributed by atoms with Gasteiger partial charge in [-0.3, -0.25) is 4.98 Å². The summed E-state index contributed by atoms with van der Waals surface area (Å²) in [5.41, 5.74) is 2.48. The fourth-order valence-electron chi connectivity index (χ4n) is 2.30. The fraction of sp³-hybridized carbons (Fsp3) is 0.211. The molecule has 0 aliphatic rings. The van der Waals surface area contributed by atoms with E-state index in [1.54, 1.807) is 24.5 Å². The zero-order chi connectivity index (χ0) is 18.5. The van der Waals surface area contributed by atoms with Crippen molar-refractivity contribution >= 4 is 40.7 Å². The number of benzene rings is 1. The lowest BCUT2D eigenvalue weighted by Gasteiger charge is -2.15. The number of aromatic nitrogens is 3. The molecule has 2 aromatic heterocycles. The minimum Gasteiger partial charge on any atom is -0.352 e. The quantitative estimate of drug-likeness (QED) is 0.559. The van der Waals surface area contributed by atoms with Gasteiger partial charge in [0.05, 0.1) is 16.4 Å². The molecular formula is C19H19Cl2N5. The van der Waals surface area contributed by atoms with Gasteiger partial charge in [0.25, 0.3) is 0 Å². The first-order valence-corrected chi connectivity index (χ1v) is 9.09. The first-order valence-electron chi connectivity index (χ1n) is 8.33. The van der Waals surface area contributed by atoms with E-state index in [-0.39, 0.29) is 6.04 Å². The van der Waals surface area contributed by atoms with Gasteiger partial charge in [-0.2, -0.15) is 4.98 Å². The predicted molar refractivity (Wildman–Crippen MR) is 108 cm³/mol. The minimum atomic E-state index is 0.259.